The van der Waals surface area contributed by atoms with Gasteiger partial charge in [0.15, 0.2) is 5.69 Å². The fourth-order valence-corrected chi connectivity index (χ4v) is 1.07. The molecule has 0 saturated heterocycles. The van der Waals surface area contributed by atoms with Crippen molar-refractivity contribution in [1.29, 1.82) is 0 Å². The third-order valence-corrected chi connectivity index (χ3v) is 1.95. The maximum atomic E-state index is 6.69. The van der Waals surface area contributed by atoms with Crippen LogP contribution in [0.4, 0.5) is 5.69 Å². The summed E-state index contributed by atoms with van der Waals surface area (Å²) in [7, 11) is 0. The number of rotatable bonds is 1. The third kappa shape index (κ3) is 1.52. The molecule has 0 heterocycles. The quantitative estimate of drug-likeness (QED) is 0.438. The summed E-state index contributed by atoms with van der Waals surface area (Å²) in [5.41, 5.74) is 0.706. The minimum absolute atomic E-state index is 0.706. The summed E-state index contributed by atoms with van der Waals surface area (Å²) in [6.45, 7) is 6.69. The summed E-state index contributed by atoms with van der Waals surface area (Å²) >= 11 is 1.69. The Kier molecular flexibility index (Phi) is 2.35. The summed E-state index contributed by atoms with van der Waals surface area (Å²) < 4.78 is 0. The second-order valence-electron chi connectivity index (χ2n) is 1.81. The Bertz CT molecular complexity index is 245. The van der Waals surface area contributed by atoms with E-state index >= 15 is 0 Å². The van der Waals surface area contributed by atoms with Gasteiger partial charge in [0.1, 0.15) is 0 Å². The van der Waals surface area contributed by atoms with Crippen molar-refractivity contribution in [1.82, 2.24) is 0 Å². The van der Waals surface area contributed by atoms with E-state index in [2.05, 4.69) is 4.85 Å². The maximum absolute atomic E-state index is 6.69. The summed E-state index contributed by atoms with van der Waals surface area (Å²) in [6, 6.07) is 7.58. The summed E-state index contributed by atoms with van der Waals surface area (Å²) in [5.74, 6) is 0. The van der Waals surface area contributed by atoms with Crippen LogP contribution in [0.3, 0.4) is 0 Å². The fourth-order valence-electron chi connectivity index (χ4n) is 0.657. The highest BCUT2D eigenvalue weighted by Crippen LogP contribution is 2.18. The van der Waals surface area contributed by atoms with Crippen LogP contribution in [0.5, 0.6) is 0 Å². The van der Waals surface area contributed by atoms with E-state index in [0.717, 1.165) is 0 Å². The van der Waals surface area contributed by atoms with Crippen LogP contribution in [0.25, 0.3) is 4.85 Å². The molecule has 0 radical (unpaired) electrons. The van der Waals surface area contributed by atoms with E-state index in [9.17, 15) is 0 Å². The van der Waals surface area contributed by atoms with Gasteiger partial charge in [-0.3, -0.25) is 0 Å². The van der Waals surface area contributed by atoms with Crippen molar-refractivity contribution in [2.24, 2.45) is 0 Å². The zero-order valence-electron chi connectivity index (χ0n) is 5.66. The van der Waals surface area contributed by atoms with Gasteiger partial charge in [-0.15, -0.1) is 11.8 Å². The van der Waals surface area contributed by atoms with Crippen LogP contribution in [0.2, 0.25) is 0 Å². The number of benzene rings is 1. The van der Waals surface area contributed by atoms with Gasteiger partial charge >= 0.3 is 0 Å². The molecule has 0 amide bonds. The highest BCUT2D eigenvalue weighted by atomic mass is 32.2. The molecule has 0 fully saturated rings. The van der Waals surface area contributed by atoms with Crippen LogP contribution in [-0.2, 0) is 0 Å². The molecule has 0 N–H and O–H groups in total. The summed E-state index contributed by atoms with van der Waals surface area (Å²) in [4.78, 5) is 4.49. The normalized spacial score (nSPS) is 8.80. The van der Waals surface area contributed by atoms with E-state index in [1.807, 2.05) is 30.5 Å². The lowest BCUT2D eigenvalue weighted by Crippen LogP contribution is -1.65. The Labute approximate surface area is 64.9 Å². The predicted octanol–water partition coefficient (Wildman–Crippen LogP) is 2.96. The first-order valence-electron chi connectivity index (χ1n) is 2.88. The maximum Gasteiger partial charge on any atom is 0.187 e. The Hall–Kier alpha value is -0.940. The van der Waals surface area contributed by atoms with Gasteiger partial charge in [-0.05, 0) is 6.26 Å². The van der Waals surface area contributed by atoms with Crippen LogP contribution in [-0.4, -0.2) is 6.26 Å². The molecule has 0 bridgehead atoms. The first-order chi connectivity index (χ1) is 4.86. The number of hydrogen-bond donors (Lipinski definition) is 0. The second-order valence-corrected chi connectivity index (χ2v) is 2.69. The molecule has 0 aromatic heterocycles. The molecule has 1 nitrogen and oxygen atoms in total. The molecule has 1 aromatic carbocycles. The molecular weight excluding hydrogens is 142 g/mol. The number of nitrogens with zero attached hydrogens (tertiary/aromatic N) is 1. The molecule has 0 aliphatic rings. The van der Waals surface area contributed by atoms with Gasteiger partial charge < -0.3 is 0 Å². The zero-order valence-corrected chi connectivity index (χ0v) is 6.48. The first kappa shape index (κ1) is 7.17. The van der Waals surface area contributed by atoms with E-state index in [0.29, 0.717) is 5.69 Å². The van der Waals surface area contributed by atoms with Crippen LogP contribution in [0.15, 0.2) is 29.2 Å². The van der Waals surface area contributed by atoms with Gasteiger partial charge in [0.2, 0.25) is 0 Å². The van der Waals surface area contributed by atoms with Gasteiger partial charge in [-0.25, -0.2) is 4.85 Å². The molecule has 50 valence electrons. The Balaban J connectivity index is 2.93. The van der Waals surface area contributed by atoms with Crippen molar-refractivity contribution in [3.05, 3.63) is 35.7 Å². The topological polar surface area (TPSA) is 4.36 Å². The first-order valence-corrected chi connectivity index (χ1v) is 4.11. The van der Waals surface area contributed by atoms with Crippen LogP contribution in [0.1, 0.15) is 0 Å². The van der Waals surface area contributed by atoms with Gasteiger partial charge in [0.25, 0.3) is 0 Å². The van der Waals surface area contributed by atoms with Gasteiger partial charge in [-0.1, -0.05) is 24.3 Å². The van der Waals surface area contributed by atoms with Crippen LogP contribution < -0.4 is 0 Å². The van der Waals surface area contributed by atoms with E-state index in [1.165, 1.54) is 4.90 Å². The number of thioether (sulfide) groups is 1. The van der Waals surface area contributed by atoms with E-state index in [1.54, 1.807) is 11.8 Å². The fraction of sp³-hybridized carbons (Fsp3) is 0.125. The van der Waals surface area contributed by atoms with Crippen LogP contribution >= 0.6 is 11.8 Å². The molecule has 1 aromatic rings. The summed E-state index contributed by atoms with van der Waals surface area (Å²) in [5, 5.41) is 0. The Morgan fingerprint density at radius 2 is 1.90 bits per heavy atom. The van der Waals surface area contributed by atoms with Crippen molar-refractivity contribution in [2.75, 3.05) is 6.26 Å². The van der Waals surface area contributed by atoms with E-state index in [4.69, 9.17) is 6.57 Å². The summed E-state index contributed by atoms with van der Waals surface area (Å²) in [6.07, 6.45) is 2.02. The third-order valence-electron chi connectivity index (χ3n) is 1.20. The Morgan fingerprint density at radius 3 is 2.30 bits per heavy atom. The average molecular weight is 149 g/mol. The lowest BCUT2D eigenvalue weighted by Gasteiger charge is -1.92. The van der Waals surface area contributed by atoms with Gasteiger partial charge in [-0.2, -0.15) is 0 Å². The minimum Gasteiger partial charge on any atom is -0.238 e. The van der Waals surface area contributed by atoms with Crippen molar-refractivity contribution in [3.8, 4) is 0 Å². The monoisotopic (exact) mass is 149 g/mol. The van der Waals surface area contributed by atoms with Crippen molar-refractivity contribution >= 4 is 17.4 Å². The molecule has 0 spiro atoms. The van der Waals surface area contributed by atoms with Gasteiger partial charge in [0.05, 0.1) is 6.57 Å². The highest BCUT2D eigenvalue weighted by Gasteiger charge is 1.89. The zero-order chi connectivity index (χ0) is 7.40. The van der Waals surface area contributed by atoms with Crippen molar-refractivity contribution in [2.45, 2.75) is 4.90 Å². The van der Waals surface area contributed by atoms with Gasteiger partial charge in [0, 0.05) is 4.90 Å². The Morgan fingerprint density at radius 1 is 1.30 bits per heavy atom. The smallest absolute Gasteiger partial charge is 0.187 e. The number of hydrogen-bond acceptors (Lipinski definition) is 1. The SMILES string of the molecule is [C-]#[N+]c1ccc(SC)cc1. The lowest BCUT2D eigenvalue weighted by atomic mass is 10.3. The molecule has 2 heteroatoms. The molecule has 1 rings (SSSR count). The van der Waals surface area contributed by atoms with Crippen LogP contribution in [0, 0.1) is 6.57 Å². The molecule has 0 aliphatic heterocycles. The average Bonchev–Trinajstić information content (AvgIpc) is 2.05. The minimum atomic E-state index is 0.706. The molecule has 0 unspecified atom stereocenters. The highest BCUT2D eigenvalue weighted by molar-refractivity contribution is 7.98. The molecule has 0 aliphatic carbocycles. The molecule has 0 atom stereocenters. The lowest BCUT2D eigenvalue weighted by molar-refractivity contribution is 1.48. The van der Waals surface area contributed by atoms with E-state index in [-0.39, 0.29) is 0 Å². The second kappa shape index (κ2) is 3.28. The standard InChI is InChI=1S/C8H7NS/c1-9-7-3-5-8(10-2)6-4-7/h3-6H,2H3. The molecule has 0 saturated carbocycles. The molecule has 10 heavy (non-hydrogen) atoms. The largest absolute Gasteiger partial charge is 0.238 e. The van der Waals surface area contributed by atoms with Crippen molar-refractivity contribution in [3.63, 3.8) is 0 Å². The van der Waals surface area contributed by atoms with E-state index < -0.39 is 0 Å². The van der Waals surface area contributed by atoms with Crippen molar-refractivity contribution < 1.29 is 0 Å². The predicted molar refractivity (Wildman–Crippen MR) is 44.5 cm³/mol. The molecular formula is C8H7NS.